The first-order valence-corrected chi connectivity index (χ1v) is 5.69. The van der Waals surface area contributed by atoms with Gasteiger partial charge in [0.25, 0.3) is 0 Å². The monoisotopic (exact) mass is 226 g/mol. The first-order valence-electron chi connectivity index (χ1n) is 4.75. The van der Waals surface area contributed by atoms with Gasteiger partial charge >= 0.3 is 0 Å². The zero-order chi connectivity index (χ0) is 11.3. The number of ketones is 2. The Labute approximate surface area is 93.1 Å². The molecule has 0 spiro atoms. The molecule has 15 heavy (non-hydrogen) atoms. The lowest BCUT2D eigenvalue weighted by molar-refractivity contribution is -0.121. The van der Waals surface area contributed by atoms with Crippen molar-refractivity contribution in [3.8, 4) is 0 Å². The van der Waals surface area contributed by atoms with E-state index in [4.69, 9.17) is 4.74 Å². The van der Waals surface area contributed by atoms with Crippen molar-refractivity contribution in [2.75, 3.05) is 13.7 Å². The number of thiophene rings is 1. The van der Waals surface area contributed by atoms with Gasteiger partial charge in [0.1, 0.15) is 5.78 Å². The number of methoxy groups -OCH3 is 1. The smallest absolute Gasteiger partial charge is 0.173 e. The van der Waals surface area contributed by atoms with E-state index in [1.807, 2.05) is 5.38 Å². The Hall–Kier alpha value is -1.000. The third-order valence-electron chi connectivity index (χ3n) is 2.23. The minimum atomic E-state index is -0.560. The highest BCUT2D eigenvalue weighted by Gasteiger charge is 2.22. The second-order valence-electron chi connectivity index (χ2n) is 3.31. The number of hydrogen-bond acceptors (Lipinski definition) is 4. The molecule has 4 heteroatoms. The highest BCUT2D eigenvalue weighted by molar-refractivity contribution is 7.08. The molecule has 0 aromatic carbocycles. The van der Waals surface area contributed by atoms with E-state index in [1.165, 1.54) is 11.3 Å². The standard InChI is InChI=1S/C11H14O3S/c1-8(10(12)3-5-14-2)11(13)9-4-6-15-7-9/h4,6-8H,3,5H2,1-2H3. The van der Waals surface area contributed by atoms with Crippen LogP contribution in [0.3, 0.4) is 0 Å². The van der Waals surface area contributed by atoms with Crippen LogP contribution in [0, 0.1) is 5.92 Å². The van der Waals surface area contributed by atoms with E-state index in [9.17, 15) is 9.59 Å². The first kappa shape index (κ1) is 12.1. The Balaban J connectivity index is 2.57. The lowest BCUT2D eigenvalue weighted by Crippen LogP contribution is -2.21. The predicted molar refractivity (Wildman–Crippen MR) is 59.3 cm³/mol. The van der Waals surface area contributed by atoms with Crippen molar-refractivity contribution < 1.29 is 14.3 Å². The molecule has 0 N–H and O–H groups in total. The summed E-state index contributed by atoms with van der Waals surface area (Å²) in [5.74, 6) is -0.722. The van der Waals surface area contributed by atoms with E-state index >= 15 is 0 Å². The van der Waals surface area contributed by atoms with Crippen LogP contribution < -0.4 is 0 Å². The molecule has 1 atom stereocenters. The lowest BCUT2D eigenvalue weighted by Gasteiger charge is -2.07. The highest BCUT2D eigenvalue weighted by Crippen LogP contribution is 2.14. The summed E-state index contributed by atoms with van der Waals surface area (Å²) in [7, 11) is 1.54. The van der Waals surface area contributed by atoms with Gasteiger partial charge in [-0.15, -0.1) is 0 Å². The van der Waals surface area contributed by atoms with E-state index in [0.717, 1.165) is 0 Å². The average Bonchev–Trinajstić information content (AvgIpc) is 2.77. The predicted octanol–water partition coefficient (Wildman–Crippen LogP) is 2.17. The van der Waals surface area contributed by atoms with E-state index < -0.39 is 5.92 Å². The van der Waals surface area contributed by atoms with Crippen molar-refractivity contribution in [1.82, 2.24) is 0 Å². The fraction of sp³-hybridized carbons (Fsp3) is 0.455. The summed E-state index contributed by atoms with van der Waals surface area (Å²) in [4.78, 5) is 23.3. The molecule has 1 aromatic rings. The van der Waals surface area contributed by atoms with E-state index in [1.54, 1.807) is 25.5 Å². The summed E-state index contributed by atoms with van der Waals surface area (Å²) in [5, 5.41) is 3.60. The van der Waals surface area contributed by atoms with Crippen molar-refractivity contribution in [3.05, 3.63) is 22.4 Å². The second kappa shape index (κ2) is 5.78. The molecule has 0 aliphatic rings. The molecule has 0 fully saturated rings. The van der Waals surface area contributed by atoms with Gasteiger partial charge in [-0.1, -0.05) is 0 Å². The molecule has 1 aromatic heterocycles. The molecule has 0 aliphatic heterocycles. The van der Waals surface area contributed by atoms with Crippen LogP contribution in [-0.2, 0) is 9.53 Å². The van der Waals surface area contributed by atoms with Crippen LogP contribution in [0.5, 0.6) is 0 Å². The quantitative estimate of drug-likeness (QED) is 0.551. The number of carbonyl (C=O) groups excluding carboxylic acids is 2. The number of Topliss-reactive ketones (excluding diaryl/α,β-unsaturated/α-hetero) is 2. The second-order valence-corrected chi connectivity index (χ2v) is 4.09. The maximum absolute atomic E-state index is 11.8. The first-order chi connectivity index (χ1) is 7.16. The maximum atomic E-state index is 11.8. The molecule has 0 amide bonds. The molecule has 1 heterocycles. The summed E-state index contributed by atoms with van der Waals surface area (Å²) in [5.41, 5.74) is 0.623. The van der Waals surface area contributed by atoms with Gasteiger partial charge in [-0.3, -0.25) is 9.59 Å². The van der Waals surface area contributed by atoms with Crippen molar-refractivity contribution in [2.45, 2.75) is 13.3 Å². The Bertz CT molecular complexity index is 330. The van der Waals surface area contributed by atoms with Crippen LogP contribution in [0.1, 0.15) is 23.7 Å². The van der Waals surface area contributed by atoms with Gasteiger partial charge in [0.2, 0.25) is 0 Å². The molecule has 0 saturated heterocycles. The Morgan fingerprint density at radius 2 is 2.27 bits per heavy atom. The zero-order valence-corrected chi connectivity index (χ0v) is 9.67. The molecule has 3 nitrogen and oxygen atoms in total. The molecule has 0 aliphatic carbocycles. The molecule has 0 bridgehead atoms. The van der Waals surface area contributed by atoms with E-state index in [0.29, 0.717) is 18.6 Å². The van der Waals surface area contributed by atoms with Gasteiger partial charge in [0, 0.05) is 24.5 Å². The zero-order valence-electron chi connectivity index (χ0n) is 8.86. The van der Waals surface area contributed by atoms with Crippen LogP contribution in [0.15, 0.2) is 16.8 Å². The van der Waals surface area contributed by atoms with Crippen molar-refractivity contribution >= 4 is 22.9 Å². The molecule has 0 saturated carbocycles. The van der Waals surface area contributed by atoms with Gasteiger partial charge in [-0.05, 0) is 18.4 Å². The Morgan fingerprint density at radius 3 is 2.80 bits per heavy atom. The largest absolute Gasteiger partial charge is 0.384 e. The highest BCUT2D eigenvalue weighted by atomic mass is 32.1. The summed E-state index contributed by atoms with van der Waals surface area (Å²) in [6.07, 6.45) is 0.299. The number of rotatable bonds is 6. The number of hydrogen-bond donors (Lipinski definition) is 0. The van der Waals surface area contributed by atoms with Crippen LogP contribution >= 0.6 is 11.3 Å². The normalized spacial score (nSPS) is 12.4. The molecule has 1 rings (SSSR count). The van der Waals surface area contributed by atoms with E-state index in [2.05, 4.69) is 0 Å². The van der Waals surface area contributed by atoms with Gasteiger partial charge in [0.15, 0.2) is 5.78 Å². The SMILES string of the molecule is COCCC(=O)C(C)C(=O)c1ccsc1. The molecule has 82 valence electrons. The van der Waals surface area contributed by atoms with Crippen molar-refractivity contribution in [2.24, 2.45) is 5.92 Å². The van der Waals surface area contributed by atoms with Crippen LogP contribution in [0.2, 0.25) is 0 Å². The topological polar surface area (TPSA) is 43.4 Å². The van der Waals surface area contributed by atoms with Gasteiger partial charge in [-0.25, -0.2) is 0 Å². The summed E-state index contributed by atoms with van der Waals surface area (Å²) >= 11 is 1.46. The fourth-order valence-electron chi connectivity index (χ4n) is 1.22. The van der Waals surface area contributed by atoms with E-state index in [-0.39, 0.29) is 11.6 Å². The van der Waals surface area contributed by atoms with Crippen LogP contribution in [0.4, 0.5) is 0 Å². The minimum Gasteiger partial charge on any atom is -0.384 e. The minimum absolute atomic E-state index is 0.0620. The number of carbonyl (C=O) groups is 2. The van der Waals surface area contributed by atoms with Crippen LogP contribution in [0.25, 0.3) is 0 Å². The summed E-state index contributed by atoms with van der Waals surface area (Å²) in [6, 6.07) is 1.74. The molecule has 1 unspecified atom stereocenters. The van der Waals surface area contributed by atoms with Crippen molar-refractivity contribution in [3.63, 3.8) is 0 Å². The lowest BCUT2D eigenvalue weighted by atomic mass is 9.96. The van der Waals surface area contributed by atoms with Gasteiger partial charge < -0.3 is 4.74 Å². The number of ether oxygens (including phenoxy) is 1. The summed E-state index contributed by atoms with van der Waals surface area (Å²) < 4.78 is 4.80. The maximum Gasteiger partial charge on any atom is 0.173 e. The Morgan fingerprint density at radius 1 is 1.53 bits per heavy atom. The van der Waals surface area contributed by atoms with Gasteiger partial charge in [-0.2, -0.15) is 11.3 Å². The third-order valence-corrected chi connectivity index (χ3v) is 2.92. The Kier molecular flexibility index (Phi) is 4.65. The van der Waals surface area contributed by atoms with Crippen LogP contribution in [-0.4, -0.2) is 25.3 Å². The fourth-order valence-corrected chi connectivity index (χ4v) is 1.87. The molecule has 0 radical (unpaired) electrons. The third kappa shape index (κ3) is 3.25. The molecular formula is C11H14O3S. The summed E-state index contributed by atoms with van der Waals surface area (Å²) in [6.45, 7) is 2.03. The average molecular weight is 226 g/mol. The van der Waals surface area contributed by atoms with Gasteiger partial charge in [0.05, 0.1) is 12.5 Å². The van der Waals surface area contributed by atoms with Crippen molar-refractivity contribution in [1.29, 1.82) is 0 Å². The molecular weight excluding hydrogens is 212 g/mol.